The van der Waals surface area contributed by atoms with Gasteiger partial charge >= 0.3 is 208 Å². The van der Waals surface area contributed by atoms with Crippen molar-refractivity contribution in [3.63, 3.8) is 0 Å². The molecule has 0 radical (unpaired) electrons. The summed E-state index contributed by atoms with van der Waals surface area (Å²) >= 11 is 0.0709. The molecule has 0 saturated carbocycles. The van der Waals surface area contributed by atoms with E-state index in [1.165, 1.54) is 19.6 Å². The quantitative estimate of drug-likeness (QED) is 0.178. The van der Waals surface area contributed by atoms with Gasteiger partial charge < -0.3 is 0 Å². The summed E-state index contributed by atoms with van der Waals surface area (Å²) in [5.74, 6) is 0. The number of benzene rings is 5. The minimum absolute atomic E-state index is 0.0250. The summed E-state index contributed by atoms with van der Waals surface area (Å²) in [5.41, 5.74) is 4.72. The van der Waals surface area contributed by atoms with Crippen LogP contribution in [-0.4, -0.2) is 14.5 Å². The molecule has 0 aliphatic rings. The molecule has 7 aromatic rings. The van der Waals surface area contributed by atoms with Crippen LogP contribution in [0.3, 0.4) is 0 Å². The Morgan fingerprint density at radius 3 is 1.97 bits per heavy atom. The van der Waals surface area contributed by atoms with E-state index in [-0.39, 0.29) is 19.9 Å². The molecular formula is C31H19NO2Se. The van der Waals surface area contributed by atoms with Crippen LogP contribution in [0, 0.1) is 0 Å². The Morgan fingerprint density at radius 2 is 1.23 bits per heavy atom. The fourth-order valence-corrected chi connectivity index (χ4v) is 7.39. The molecule has 0 fully saturated rings. The third kappa shape index (κ3) is 3.23. The molecular weight excluding hydrogens is 497 g/mol. The molecule has 0 aliphatic heterocycles. The number of para-hydroxylation sites is 3. The Balaban J connectivity index is 1.54. The van der Waals surface area contributed by atoms with Crippen LogP contribution in [0.2, 0.25) is 0 Å². The maximum atomic E-state index is 13.3. The molecule has 2 aromatic heterocycles. The monoisotopic (exact) mass is 517 g/mol. The summed E-state index contributed by atoms with van der Waals surface area (Å²) in [6.07, 6.45) is 0. The molecule has 35 heavy (non-hydrogen) atoms. The fourth-order valence-electron chi connectivity index (χ4n) is 4.84. The molecule has 7 rings (SSSR count). The molecule has 0 atom stereocenters. The van der Waals surface area contributed by atoms with Crippen molar-refractivity contribution in [3.05, 3.63) is 125 Å². The van der Waals surface area contributed by atoms with E-state index in [1.807, 2.05) is 42.5 Å². The maximum absolute atomic E-state index is 13.3. The van der Waals surface area contributed by atoms with Crippen molar-refractivity contribution in [2.45, 2.75) is 0 Å². The second-order valence-electron chi connectivity index (χ2n) is 8.53. The number of nitrogens with zero attached hydrogens (tertiary/aromatic N) is 1. The van der Waals surface area contributed by atoms with Crippen molar-refractivity contribution in [2.75, 3.05) is 4.90 Å². The van der Waals surface area contributed by atoms with Crippen molar-refractivity contribution in [2.24, 2.45) is 0 Å². The number of rotatable bonds is 3. The van der Waals surface area contributed by atoms with Crippen LogP contribution >= 0.6 is 0 Å². The van der Waals surface area contributed by atoms with Crippen LogP contribution in [0.1, 0.15) is 0 Å². The van der Waals surface area contributed by atoms with Crippen molar-refractivity contribution in [1.29, 1.82) is 0 Å². The normalized spacial score (nSPS) is 11.5. The Hall–Kier alpha value is -4.11. The molecule has 4 heteroatoms. The summed E-state index contributed by atoms with van der Waals surface area (Å²) in [7, 11) is 0. The van der Waals surface area contributed by atoms with E-state index >= 15 is 0 Å². The Morgan fingerprint density at radius 1 is 0.571 bits per heavy atom. The zero-order chi connectivity index (χ0) is 23.4. The summed E-state index contributed by atoms with van der Waals surface area (Å²) < 4.78 is 8.72. The van der Waals surface area contributed by atoms with E-state index in [0.717, 1.165) is 16.8 Å². The van der Waals surface area contributed by atoms with Crippen molar-refractivity contribution in [1.82, 2.24) is 0 Å². The second-order valence-corrected chi connectivity index (χ2v) is 10.7. The molecule has 0 aliphatic carbocycles. The van der Waals surface area contributed by atoms with Crippen LogP contribution in [0.5, 0.6) is 0 Å². The van der Waals surface area contributed by atoms with Gasteiger partial charge in [0.15, 0.2) is 0 Å². The van der Waals surface area contributed by atoms with Gasteiger partial charge in [0.1, 0.15) is 0 Å². The van der Waals surface area contributed by atoms with E-state index in [1.54, 1.807) is 0 Å². The van der Waals surface area contributed by atoms with Gasteiger partial charge in [0, 0.05) is 0 Å². The summed E-state index contributed by atoms with van der Waals surface area (Å²) in [6, 6.07) is 39.0. The van der Waals surface area contributed by atoms with Crippen LogP contribution in [0.25, 0.3) is 41.2 Å². The number of fused-ring (bicyclic) bond motifs is 5. The Labute approximate surface area is 207 Å². The fraction of sp³-hybridized carbons (Fsp3) is 0. The average Bonchev–Trinajstić information content (AvgIpc) is 3.28. The number of anilines is 3. The molecule has 0 N–H and O–H groups in total. The topological polar surface area (TPSA) is 33.5 Å². The molecule has 166 valence electrons. The predicted molar refractivity (Wildman–Crippen MR) is 147 cm³/mol. The second kappa shape index (κ2) is 7.99. The summed E-state index contributed by atoms with van der Waals surface area (Å²) in [6.45, 7) is 0. The van der Waals surface area contributed by atoms with Crippen LogP contribution in [0.15, 0.2) is 124 Å². The molecule has 0 spiro atoms. The standard InChI is InChI=1S/C31H19NO2Se/c33-30-23-14-7-8-17-27(23)34-28-19-29-24(18-25(28)30)22-15-9-16-26(31(22)35-29)32(20-10-3-1-4-11-20)21-12-5-2-6-13-21/h1-19H. The first-order valence-electron chi connectivity index (χ1n) is 11.5. The van der Waals surface area contributed by atoms with Crippen LogP contribution < -0.4 is 10.3 Å². The van der Waals surface area contributed by atoms with E-state index < -0.39 is 0 Å². The van der Waals surface area contributed by atoms with Gasteiger partial charge in [-0.3, -0.25) is 0 Å². The Kier molecular flexibility index (Phi) is 4.63. The van der Waals surface area contributed by atoms with E-state index in [4.69, 9.17) is 4.42 Å². The number of hydrogen-bond donors (Lipinski definition) is 0. The molecule has 0 bridgehead atoms. The first kappa shape index (κ1) is 20.3. The summed E-state index contributed by atoms with van der Waals surface area (Å²) in [4.78, 5) is 15.6. The van der Waals surface area contributed by atoms with Crippen molar-refractivity contribution in [3.8, 4) is 0 Å². The van der Waals surface area contributed by atoms with Gasteiger partial charge in [-0.25, -0.2) is 0 Å². The van der Waals surface area contributed by atoms with E-state index in [0.29, 0.717) is 21.9 Å². The van der Waals surface area contributed by atoms with Crippen LogP contribution in [-0.2, 0) is 0 Å². The third-order valence-electron chi connectivity index (χ3n) is 6.44. The predicted octanol–water partition coefficient (Wildman–Crippen LogP) is 7.78. The summed E-state index contributed by atoms with van der Waals surface area (Å²) in [5, 5.41) is 3.60. The molecule has 0 unspecified atom stereocenters. The third-order valence-corrected chi connectivity index (χ3v) is 8.94. The van der Waals surface area contributed by atoms with Gasteiger partial charge in [-0.15, -0.1) is 0 Å². The van der Waals surface area contributed by atoms with E-state index in [9.17, 15) is 4.79 Å². The zero-order valence-electron chi connectivity index (χ0n) is 18.6. The Bertz CT molecular complexity index is 1880. The van der Waals surface area contributed by atoms with Gasteiger partial charge in [0.25, 0.3) is 0 Å². The minimum atomic E-state index is 0.0250. The van der Waals surface area contributed by atoms with Crippen molar-refractivity contribution < 1.29 is 4.42 Å². The molecule has 5 aromatic carbocycles. The van der Waals surface area contributed by atoms with Gasteiger partial charge in [0.2, 0.25) is 0 Å². The first-order valence-corrected chi connectivity index (χ1v) is 13.2. The number of hydrogen-bond acceptors (Lipinski definition) is 3. The molecule has 3 nitrogen and oxygen atoms in total. The van der Waals surface area contributed by atoms with Gasteiger partial charge in [-0.05, 0) is 0 Å². The molecule has 2 heterocycles. The first-order chi connectivity index (χ1) is 17.3. The molecule has 0 saturated heterocycles. The van der Waals surface area contributed by atoms with Crippen LogP contribution in [0.4, 0.5) is 17.1 Å². The van der Waals surface area contributed by atoms with Gasteiger partial charge in [-0.2, -0.15) is 0 Å². The van der Waals surface area contributed by atoms with Crippen molar-refractivity contribution >= 4 is 72.8 Å². The molecule has 0 amide bonds. The SMILES string of the molecule is O=c1c2ccccc2oc2cc3[se]c4c(N(c5ccccc5)c5ccccc5)cccc4c3cc12. The van der Waals surface area contributed by atoms with E-state index in [2.05, 4.69) is 77.7 Å². The zero-order valence-corrected chi connectivity index (χ0v) is 20.4. The van der Waals surface area contributed by atoms with Gasteiger partial charge in [-0.1, -0.05) is 0 Å². The average molecular weight is 516 g/mol. The van der Waals surface area contributed by atoms with Gasteiger partial charge in [0.05, 0.1) is 0 Å².